The molecular formula is C10H14ClNO. The minimum Gasteiger partial charge on any atom is -0.506 e. The highest BCUT2D eigenvalue weighted by atomic mass is 35.5. The molecule has 0 aromatic heterocycles. The number of rotatable bonds is 2. The van der Waals surface area contributed by atoms with E-state index in [1.165, 1.54) is 0 Å². The average molecular weight is 200 g/mol. The molecule has 13 heavy (non-hydrogen) atoms. The molecule has 0 aliphatic heterocycles. The first-order chi connectivity index (χ1) is 6.06. The van der Waals surface area contributed by atoms with Crippen LogP contribution < -0.4 is 5.73 Å². The van der Waals surface area contributed by atoms with E-state index in [0.717, 1.165) is 17.5 Å². The molecule has 0 heterocycles. The summed E-state index contributed by atoms with van der Waals surface area (Å²) >= 11 is 5.81. The van der Waals surface area contributed by atoms with Crippen LogP contribution in [0.25, 0.3) is 0 Å². The third-order valence-electron chi connectivity index (χ3n) is 2.08. The van der Waals surface area contributed by atoms with Crippen molar-refractivity contribution in [1.29, 1.82) is 0 Å². The van der Waals surface area contributed by atoms with Gasteiger partial charge in [-0.2, -0.15) is 0 Å². The highest BCUT2D eigenvalue weighted by molar-refractivity contribution is 6.32. The van der Waals surface area contributed by atoms with Crippen LogP contribution in [-0.4, -0.2) is 5.11 Å². The van der Waals surface area contributed by atoms with Gasteiger partial charge in [-0.3, -0.25) is 0 Å². The summed E-state index contributed by atoms with van der Waals surface area (Å²) < 4.78 is 0. The van der Waals surface area contributed by atoms with Gasteiger partial charge in [0.2, 0.25) is 0 Å². The van der Waals surface area contributed by atoms with Gasteiger partial charge in [-0.1, -0.05) is 24.6 Å². The lowest BCUT2D eigenvalue weighted by Gasteiger charge is -2.13. The van der Waals surface area contributed by atoms with Crippen molar-refractivity contribution < 1.29 is 5.11 Å². The first-order valence-electron chi connectivity index (χ1n) is 4.30. The second-order valence-corrected chi connectivity index (χ2v) is 3.61. The third-order valence-corrected chi connectivity index (χ3v) is 2.36. The van der Waals surface area contributed by atoms with Gasteiger partial charge in [-0.15, -0.1) is 0 Å². The quantitative estimate of drug-likeness (QED) is 0.770. The van der Waals surface area contributed by atoms with Gasteiger partial charge in [-0.05, 0) is 25.0 Å². The van der Waals surface area contributed by atoms with Crippen LogP contribution in [0.4, 0.5) is 0 Å². The van der Waals surface area contributed by atoms with Gasteiger partial charge in [0.1, 0.15) is 5.75 Å². The largest absolute Gasteiger partial charge is 0.506 e. The second kappa shape index (κ2) is 3.99. The van der Waals surface area contributed by atoms with E-state index in [0.29, 0.717) is 5.02 Å². The number of hydrogen-bond donors (Lipinski definition) is 2. The van der Waals surface area contributed by atoms with Gasteiger partial charge >= 0.3 is 0 Å². The maximum atomic E-state index is 9.61. The van der Waals surface area contributed by atoms with E-state index >= 15 is 0 Å². The first-order valence-corrected chi connectivity index (χ1v) is 4.68. The van der Waals surface area contributed by atoms with Crippen LogP contribution in [0.2, 0.25) is 5.02 Å². The standard InChI is InChI=1S/C10H14ClNO/c1-3-9(12)7-4-6(2)5-8(11)10(7)13/h4-5,9,13H,3,12H2,1-2H3/t9-/m0/s1. The average Bonchev–Trinajstić information content (AvgIpc) is 2.10. The summed E-state index contributed by atoms with van der Waals surface area (Å²) in [5, 5.41) is 9.99. The van der Waals surface area contributed by atoms with Crippen molar-refractivity contribution in [2.75, 3.05) is 0 Å². The van der Waals surface area contributed by atoms with Crippen LogP contribution in [0.5, 0.6) is 5.75 Å². The maximum absolute atomic E-state index is 9.61. The smallest absolute Gasteiger partial charge is 0.138 e. The molecule has 1 aromatic rings. The van der Waals surface area contributed by atoms with E-state index in [2.05, 4.69) is 0 Å². The molecule has 0 saturated carbocycles. The molecular weight excluding hydrogens is 186 g/mol. The Morgan fingerprint density at radius 2 is 2.15 bits per heavy atom. The van der Waals surface area contributed by atoms with Crippen molar-refractivity contribution in [1.82, 2.24) is 0 Å². The summed E-state index contributed by atoms with van der Waals surface area (Å²) in [5.41, 5.74) is 7.56. The Morgan fingerprint density at radius 3 is 2.69 bits per heavy atom. The highest BCUT2D eigenvalue weighted by Gasteiger charge is 2.12. The molecule has 1 atom stereocenters. The van der Waals surface area contributed by atoms with Crippen molar-refractivity contribution in [2.24, 2.45) is 5.73 Å². The Hall–Kier alpha value is -0.730. The first kappa shape index (κ1) is 10.4. The molecule has 0 amide bonds. The zero-order valence-corrected chi connectivity index (χ0v) is 8.60. The highest BCUT2D eigenvalue weighted by Crippen LogP contribution is 2.32. The van der Waals surface area contributed by atoms with Crippen molar-refractivity contribution in [3.8, 4) is 5.75 Å². The lowest BCUT2D eigenvalue weighted by atomic mass is 10.0. The summed E-state index contributed by atoms with van der Waals surface area (Å²) in [6.07, 6.45) is 0.785. The fourth-order valence-electron chi connectivity index (χ4n) is 1.26. The van der Waals surface area contributed by atoms with Crippen molar-refractivity contribution in [3.63, 3.8) is 0 Å². The van der Waals surface area contributed by atoms with Crippen molar-refractivity contribution in [2.45, 2.75) is 26.3 Å². The number of aryl methyl sites for hydroxylation is 1. The number of benzene rings is 1. The molecule has 1 rings (SSSR count). The number of halogens is 1. The topological polar surface area (TPSA) is 46.2 Å². The van der Waals surface area contributed by atoms with Gasteiger partial charge in [0.05, 0.1) is 5.02 Å². The van der Waals surface area contributed by atoms with E-state index in [1.54, 1.807) is 6.07 Å². The van der Waals surface area contributed by atoms with E-state index in [-0.39, 0.29) is 11.8 Å². The van der Waals surface area contributed by atoms with Crippen LogP contribution in [0.3, 0.4) is 0 Å². The van der Waals surface area contributed by atoms with E-state index in [1.807, 2.05) is 19.9 Å². The predicted molar refractivity (Wildman–Crippen MR) is 55.1 cm³/mol. The van der Waals surface area contributed by atoms with Gasteiger partial charge < -0.3 is 10.8 Å². The normalized spacial score (nSPS) is 12.9. The molecule has 1 aromatic carbocycles. The molecule has 0 fully saturated rings. The zero-order chi connectivity index (χ0) is 10.0. The third kappa shape index (κ3) is 2.14. The number of nitrogens with two attached hydrogens (primary N) is 1. The molecule has 0 saturated heterocycles. The summed E-state index contributed by atoms with van der Waals surface area (Å²) in [4.78, 5) is 0. The Morgan fingerprint density at radius 1 is 1.54 bits per heavy atom. The fraction of sp³-hybridized carbons (Fsp3) is 0.400. The van der Waals surface area contributed by atoms with Gasteiger partial charge in [-0.25, -0.2) is 0 Å². The Kier molecular flexibility index (Phi) is 3.17. The van der Waals surface area contributed by atoms with E-state index in [4.69, 9.17) is 17.3 Å². The molecule has 0 radical (unpaired) electrons. The Balaban J connectivity index is 3.20. The van der Waals surface area contributed by atoms with Crippen LogP contribution in [0, 0.1) is 6.92 Å². The summed E-state index contributed by atoms with van der Waals surface area (Å²) in [5.74, 6) is 0.113. The van der Waals surface area contributed by atoms with Crippen molar-refractivity contribution >= 4 is 11.6 Å². The van der Waals surface area contributed by atoms with Crippen LogP contribution in [0.1, 0.15) is 30.5 Å². The fourth-order valence-corrected chi connectivity index (χ4v) is 1.55. The number of phenolic OH excluding ortho intramolecular Hbond substituents is 1. The van der Waals surface area contributed by atoms with Gasteiger partial charge in [0.25, 0.3) is 0 Å². The Bertz CT molecular complexity index is 312. The molecule has 0 unspecified atom stereocenters. The van der Waals surface area contributed by atoms with Gasteiger partial charge in [0.15, 0.2) is 0 Å². The SMILES string of the molecule is CC[C@H](N)c1cc(C)cc(Cl)c1O. The molecule has 0 aliphatic carbocycles. The zero-order valence-electron chi connectivity index (χ0n) is 7.84. The second-order valence-electron chi connectivity index (χ2n) is 3.20. The number of hydrogen-bond acceptors (Lipinski definition) is 2. The summed E-state index contributed by atoms with van der Waals surface area (Å²) in [6.45, 7) is 3.90. The molecule has 72 valence electrons. The van der Waals surface area contributed by atoms with Crippen molar-refractivity contribution in [3.05, 3.63) is 28.3 Å². The monoisotopic (exact) mass is 199 g/mol. The summed E-state index contributed by atoms with van der Waals surface area (Å²) in [6, 6.07) is 3.45. The van der Waals surface area contributed by atoms with E-state index < -0.39 is 0 Å². The molecule has 2 nitrogen and oxygen atoms in total. The predicted octanol–water partition coefficient (Wildman–Crippen LogP) is 2.76. The molecule has 0 bridgehead atoms. The Labute approximate surface area is 83.3 Å². The van der Waals surface area contributed by atoms with E-state index in [9.17, 15) is 5.11 Å². The number of aromatic hydroxyl groups is 1. The van der Waals surface area contributed by atoms with Crippen LogP contribution >= 0.6 is 11.6 Å². The van der Waals surface area contributed by atoms with Crippen LogP contribution in [0.15, 0.2) is 12.1 Å². The molecule has 0 aliphatic rings. The minimum absolute atomic E-state index is 0.113. The maximum Gasteiger partial charge on any atom is 0.138 e. The lowest BCUT2D eigenvalue weighted by Crippen LogP contribution is -2.09. The molecule has 3 N–H and O–H groups in total. The summed E-state index contributed by atoms with van der Waals surface area (Å²) in [7, 11) is 0. The number of phenols is 1. The minimum atomic E-state index is -0.141. The molecule has 3 heteroatoms. The molecule has 0 spiro atoms. The van der Waals surface area contributed by atoms with Crippen LogP contribution in [-0.2, 0) is 0 Å². The lowest BCUT2D eigenvalue weighted by molar-refractivity contribution is 0.460. The van der Waals surface area contributed by atoms with Gasteiger partial charge in [0, 0.05) is 11.6 Å².